The van der Waals surface area contributed by atoms with Crippen molar-refractivity contribution in [3.8, 4) is 0 Å². The van der Waals surface area contributed by atoms with E-state index in [0.29, 0.717) is 5.56 Å². The molecule has 1 rings (SSSR count). The molecule has 0 bridgehead atoms. The Bertz CT molecular complexity index is 468. The van der Waals surface area contributed by atoms with Crippen LogP contribution in [0, 0.1) is 0 Å². The largest absolute Gasteiger partial charge is 0.409 e. The molecule has 0 spiro atoms. The van der Waals surface area contributed by atoms with Gasteiger partial charge in [-0.05, 0) is 31.2 Å². The number of oxime groups is 1. The van der Waals surface area contributed by atoms with Gasteiger partial charge in [0.2, 0.25) is 0 Å². The van der Waals surface area contributed by atoms with Crippen molar-refractivity contribution in [1.29, 1.82) is 0 Å². The van der Waals surface area contributed by atoms with E-state index in [1.165, 1.54) is 4.90 Å². The molecule has 6 heteroatoms. The van der Waals surface area contributed by atoms with Crippen LogP contribution < -0.4 is 10.6 Å². The molecule has 0 aliphatic carbocycles. The molecular formula is C13H20N4O2. The van der Waals surface area contributed by atoms with Crippen LogP contribution in [0.25, 0.3) is 0 Å². The Morgan fingerprint density at radius 3 is 2.21 bits per heavy atom. The third-order valence-electron chi connectivity index (χ3n) is 3.08. The summed E-state index contributed by atoms with van der Waals surface area (Å²) in [6, 6.07) is 6.79. The van der Waals surface area contributed by atoms with Gasteiger partial charge in [0.05, 0.1) is 6.04 Å². The molecule has 6 nitrogen and oxygen atoms in total. The summed E-state index contributed by atoms with van der Waals surface area (Å²) in [5.41, 5.74) is 7.07. The summed E-state index contributed by atoms with van der Waals surface area (Å²) < 4.78 is 0. The molecule has 0 aliphatic heterocycles. The fourth-order valence-electron chi connectivity index (χ4n) is 1.56. The Balaban J connectivity index is 2.88. The first kappa shape index (κ1) is 14.8. The smallest absolute Gasteiger partial charge is 0.254 e. The van der Waals surface area contributed by atoms with Crippen molar-refractivity contribution in [2.24, 2.45) is 10.9 Å². The highest BCUT2D eigenvalue weighted by molar-refractivity contribution is 5.98. The molecule has 0 aromatic heterocycles. The van der Waals surface area contributed by atoms with Gasteiger partial charge in [-0.15, -0.1) is 0 Å². The number of carbonyl (C=O) groups excluding carboxylic acids is 1. The van der Waals surface area contributed by atoms with E-state index < -0.39 is 6.04 Å². The Hall–Kier alpha value is -2.24. The number of benzene rings is 1. The van der Waals surface area contributed by atoms with E-state index in [1.54, 1.807) is 26.1 Å². The van der Waals surface area contributed by atoms with Crippen molar-refractivity contribution in [1.82, 2.24) is 4.90 Å². The Morgan fingerprint density at radius 1 is 1.26 bits per heavy atom. The fraction of sp³-hybridized carbons (Fsp3) is 0.385. The van der Waals surface area contributed by atoms with E-state index in [4.69, 9.17) is 10.9 Å². The number of carbonyl (C=O) groups is 1. The van der Waals surface area contributed by atoms with Gasteiger partial charge in [0.1, 0.15) is 0 Å². The molecule has 1 unspecified atom stereocenters. The highest BCUT2D eigenvalue weighted by Gasteiger charge is 2.20. The van der Waals surface area contributed by atoms with Gasteiger partial charge in [0.25, 0.3) is 5.91 Å². The van der Waals surface area contributed by atoms with Crippen molar-refractivity contribution in [3.63, 3.8) is 0 Å². The molecule has 19 heavy (non-hydrogen) atoms. The van der Waals surface area contributed by atoms with Crippen molar-refractivity contribution in [2.45, 2.75) is 13.0 Å². The average molecular weight is 264 g/mol. The highest BCUT2D eigenvalue weighted by Crippen LogP contribution is 2.14. The lowest BCUT2D eigenvalue weighted by Crippen LogP contribution is -2.43. The lowest BCUT2D eigenvalue weighted by molar-refractivity contribution is 0.0776. The summed E-state index contributed by atoms with van der Waals surface area (Å²) >= 11 is 0. The summed E-state index contributed by atoms with van der Waals surface area (Å²) in [5, 5.41) is 11.5. The number of hydrogen-bond donors (Lipinski definition) is 2. The van der Waals surface area contributed by atoms with Crippen LogP contribution in [0.1, 0.15) is 17.3 Å². The van der Waals surface area contributed by atoms with E-state index in [-0.39, 0.29) is 11.7 Å². The number of rotatable bonds is 4. The van der Waals surface area contributed by atoms with Crippen LogP contribution in [0.2, 0.25) is 0 Å². The predicted octanol–water partition coefficient (Wildman–Crippen LogP) is 0.959. The summed E-state index contributed by atoms with van der Waals surface area (Å²) in [6.45, 7) is 1.70. The van der Waals surface area contributed by atoms with Crippen molar-refractivity contribution in [2.75, 3.05) is 26.0 Å². The molecule has 1 atom stereocenters. The minimum Gasteiger partial charge on any atom is -0.409 e. The van der Waals surface area contributed by atoms with Gasteiger partial charge in [-0.1, -0.05) is 5.16 Å². The van der Waals surface area contributed by atoms with E-state index >= 15 is 0 Å². The van der Waals surface area contributed by atoms with Crippen LogP contribution >= 0.6 is 0 Å². The van der Waals surface area contributed by atoms with Crippen LogP contribution in [0.4, 0.5) is 5.69 Å². The van der Waals surface area contributed by atoms with Crippen LogP contribution in [0.5, 0.6) is 0 Å². The molecule has 0 radical (unpaired) electrons. The van der Waals surface area contributed by atoms with Crippen LogP contribution in [0.3, 0.4) is 0 Å². The average Bonchev–Trinajstić information content (AvgIpc) is 2.44. The minimum absolute atomic E-state index is 0.000705. The zero-order valence-corrected chi connectivity index (χ0v) is 11.7. The Morgan fingerprint density at radius 2 is 1.79 bits per heavy atom. The number of amidine groups is 1. The molecule has 1 aromatic carbocycles. The number of amides is 1. The van der Waals surface area contributed by atoms with E-state index in [9.17, 15) is 4.79 Å². The van der Waals surface area contributed by atoms with Gasteiger partial charge < -0.3 is 20.7 Å². The van der Waals surface area contributed by atoms with Gasteiger partial charge in [-0.2, -0.15) is 0 Å². The number of nitrogens with two attached hydrogens (primary N) is 1. The molecular weight excluding hydrogens is 244 g/mol. The zero-order valence-electron chi connectivity index (χ0n) is 11.7. The SMILES string of the molecule is CC(C(N)=NO)N(C)C(=O)c1ccc(N(C)C)cc1. The molecule has 104 valence electrons. The topological polar surface area (TPSA) is 82.2 Å². The maximum absolute atomic E-state index is 12.2. The minimum atomic E-state index is -0.467. The number of nitrogens with zero attached hydrogens (tertiary/aromatic N) is 3. The Kier molecular flexibility index (Phi) is 4.74. The lowest BCUT2D eigenvalue weighted by Gasteiger charge is -2.24. The number of hydrogen-bond acceptors (Lipinski definition) is 4. The lowest BCUT2D eigenvalue weighted by atomic mass is 10.1. The van der Waals surface area contributed by atoms with Crippen LogP contribution in [0.15, 0.2) is 29.4 Å². The second-order valence-electron chi connectivity index (χ2n) is 4.56. The summed E-state index contributed by atoms with van der Waals surface area (Å²) in [5.74, 6) is -0.176. The van der Waals surface area contributed by atoms with Crippen molar-refractivity contribution in [3.05, 3.63) is 29.8 Å². The van der Waals surface area contributed by atoms with Crippen molar-refractivity contribution >= 4 is 17.4 Å². The second-order valence-corrected chi connectivity index (χ2v) is 4.56. The molecule has 0 saturated heterocycles. The predicted molar refractivity (Wildman–Crippen MR) is 75.7 cm³/mol. The maximum atomic E-state index is 12.2. The van der Waals surface area contributed by atoms with E-state index in [2.05, 4.69) is 5.16 Å². The molecule has 3 N–H and O–H groups in total. The molecule has 0 heterocycles. The zero-order chi connectivity index (χ0) is 14.6. The number of likely N-dealkylation sites (N-methyl/N-ethyl adjacent to an activating group) is 1. The molecule has 1 aromatic rings. The van der Waals surface area contributed by atoms with E-state index in [0.717, 1.165) is 5.69 Å². The van der Waals surface area contributed by atoms with Gasteiger partial charge in [-0.25, -0.2) is 0 Å². The second kappa shape index (κ2) is 6.08. The first-order valence-corrected chi connectivity index (χ1v) is 5.90. The fourth-order valence-corrected chi connectivity index (χ4v) is 1.56. The third kappa shape index (κ3) is 3.37. The molecule has 0 fully saturated rings. The van der Waals surface area contributed by atoms with Gasteiger partial charge in [0, 0.05) is 32.4 Å². The quantitative estimate of drug-likeness (QED) is 0.367. The maximum Gasteiger partial charge on any atom is 0.254 e. The van der Waals surface area contributed by atoms with E-state index in [1.807, 2.05) is 31.1 Å². The summed E-state index contributed by atoms with van der Waals surface area (Å²) in [6.07, 6.45) is 0. The molecule has 1 amide bonds. The number of anilines is 1. The standard InChI is InChI=1S/C13H20N4O2/c1-9(12(14)15-19)17(4)13(18)10-5-7-11(8-6-10)16(2)3/h5-9,19H,1-4H3,(H2,14,15). The molecule has 0 aliphatic rings. The monoisotopic (exact) mass is 264 g/mol. The summed E-state index contributed by atoms with van der Waals surface area (Å²) in [4.78, 5) is 15.6. The first-order chi connectivity index (χ1) is 8.88. The molecule has 0 saturated carbocycles. The van der Waals surface area contributed by atoms with Gasteiger partial charge >= 0.3 is 0 Å². The first-order valence-electron chi connectivity index (χ1n) is 5.90. The normalized spacial score (nSPS) is 12.9. The van der Waals surface area contributed by atoms with Crippen LogP contribution in [-0.2, 0) is 0 Å². The highest BCUT2D eigenvalue weighted by atomic mass is 16.4. The van der Waals surface area contributed by atoms with Gasteiger partial charge in [0.15, 0.2) is 5.84 Å². The summed E-state index contributed by atoms with van der Waals surface area (Å²) in [7, 11) is 5.48. The van der Waals surface area contributed by atoms with Gasteiger partial charge in [-0.3, -0.25) is 4.79 Å². The Labute approximate surface area is 113 Å². The third-order valence-corrected chi connectivity index (χ3v) is 3.08. The van der Waals surface area contributed by atoms with Crippen molar-refractivity contribution < 1.29 is 10.0 Å². The van der Waals surface area contributed by atoms with Crippen LogP contribution in [-0.4, -0.2) is 49.0 Å².